The van der Waals surface area contributed by atoms with Gasteiger partial charge in [0.2, 0.25) is 0 Å². The lowest BCUT2D eigenvalue weighted by Crippen LogP contribution is -2.38. The van der Waals surface area contributed by atoms with Crippen LogP contribution in [0.3, 0.4) is 0 Å². The lowest BCUT2D eigenvalue weighted by atomic mass is 10.0. The zero-order valence-electron chi connectivity index (χ0n) is 18.8. The maximum Gasteiger partial charge on any atom is 0.418 e. The van der Waals surface area contributed by atoms with Crippen molar-refractivity contribution in [3.8, 4) is 11.3 Å². The van der Waals surface area contributed by atoms with Gasteiger partial charge in [-0.3, -0.25) is 4.72 Å². The van der Waals surface area contributed by atoms with Crippen LogP contribution in [-0.2, 0) is 16.2 Å². The number of rotatable bonds is 6. The van der Waals surface area contributed by atoms with E-state index in [2.05, 4.69) is 25.3 Å². The van der Waals surface area contributed by atoms with Crippen LogP contribution in [0.4, 0.5) is 24.8 Å². The highest BCUT2D eigenvalue weighted by Crippen LogP contribution is 2.38. The Kier molecular flexibility index (Phi) is 8.24. The number of alkyl halides is 3. The molecule has 7 nitrogen and oxygen atoms in total. The van der Waals surface area contributed by atoms with Gasteiger partial charge in [0.25, 0.3) is 10.0 Å². The molecule has 4 rings (SSSR count). The fourth-order valence-corrected chi connectivity index (χ4v) is 4.78. The van der Waals surface area contributed by atoms with Crippen LogP contribution in [0.1, 0.15) is 24.0 Å². The Morgan fingerprint density at radius 3 is 2.46 bits per heavy atom. The number of sulfonamides is 1. The number of hydrogen-bond donors (Lipinski definition) is 3. The molecule has 1 fully saturated rings. The number of halogens is 4. The maximum atomic E-state index is 13.6. The molecule has 12 heteroatoms. The molecule has 0 amide bonds. The van der Waals surface area contributed by atoms with E-state index in [0.717, 1.165) is 38.1 Å². The van der Waals surface area contributed by atoms with Crippen LogP contribution >= 0.6 is 12.4 Å². The molecule has 3 N–H and O–H groups in total. The SMILES string of the molecule is Cc1ccccc1-c1nc(NS(=O)(=O)c2cccc(N[C@H]3CCCNC3)n2)ccc1C(F)(F)F.Cl. The second-order valence-electron chi connectivity index (χ2n) is 8.06. The van der Waals surface area contributed by atoms with E-state index in [1.807, 2.05) is 0 Å². The highest BCUT2D eigenvalue weighted by Gasteiger charge is 2.35. The van der Waals surface area contributed by atoms with Gasteiger partial charge in [-0.2, -0.15) is 21.6 Å². The monoisotopic (exact) mass is 527 g/mol. The normalized spacial score (nSPS) is 16.3. The topological polar surface area (TPSA) is 96.0 Å². The average molecular weight is 528 g/mol. The van der Waals surface area contributed by atoms with Crippen LogP contribution in [0.5, 0.6) is 0 Å². The number of anilines is 2. The Bertz CT molecular complexity index is 1280. The van der Waals surface area contributed by atoms with Gasteiger partial charge < -0.3 is 10.6 Å². The molecule has 1 atom stereocenters. The van der Waals surface area contributed by atoms with E-state index in [1.165, 1.54) is 12.1 Å². The van der Waals surface area contributed by atoms with Crippen LogP contribution < -0.4 is 15.4 Å². The first-order valence-electron chi connectivity index (χ1n) is 10.7. The molecule has 1 aliphatic rings. The summed E-state index contributed by atoms with van der Waals surface area (Å²) >= 11 is 0. The molecular formula is C23H25ClF3N5O2S. The summed E-state index contributed by atoms with van der Waals surface area (Å²) in [5, 5.41) is 6.21. The van der Waals surface area contributed by atoms with Crippen molar-refractivity contribution in [1.29, 1.82) is 0 Å². The van der Waals surface area contributed by atoms with Crippen molar-refractivity contribution < 1.29 is 21.6 Å². The standard InChI is InChI=1S/C23H24F3N5O2S.ClH/c1-15-6-2-3-8-17(15)22-18(23(24,25)26)11-12-20(30-22)31-34(32,33)21-10-4-9-19(29-21)28-16-7-5-13-27-14-16;/h2-4,6,8-12,16,27H,5,7,13-14H2,1H3,(H,28,29)(H,30,31);1H/t16-;/m0./s1. The number of hydrogen-bond acceptors (Lipinski definition) is 6. The molecule has 0 saturated carbocycles. The van der Waals surface area contributed by atoms with Gasteiger partial charge in [-0.1, -0.05) is 30.3 Å². The van der Waals surface area contributed by atoms with Crippen LogP contribution in [0, 0.1) is 6.92 Å². The van der Waals surface area contributed by atoms with Gasteiger partial charge in [-0.15, -0.1) is 12.4 Å². The van der Waals surface area contributed by atoms with Crippen LogP contribution in [-0.4, -0.2) is 37.5 Å². The summed E-state index contributed by atoms with van der Waals surface area (Å²) in [6, 6.07) is 13.0. The fourth-order valence-electron chi connectivity index (χ4n) is 3.81. The number of benzene rings is 1. The zero-order chi connectivity index (χ0) is 24.3. The molecule has 0 spiro atoms. The quantitative estimate of drug-likeness (QED) is 0.424. The van der Waals surface area contributed by atoms with Gasteiger partial charge in [0.05, 0.1) is 11.3 Å². The number of aromatic nitrogens is 2. The van der Waals surface area contributed by atoms with E-state index in [9.17, 15) is 21.6 Å². The van der Waals surface area contributed by atoms with Gasteiger partial charge in [0.1, 0.15) is 11.6 Å². The Balaban J connectivity index is 0.00000342. The van der Waals surface area contributed by atoms with Gasteiger partial charge in [0, 0.05) is 18.2 Å². The smallest absolute Gasteiger partial charge is 0.366 e. The average Bonchev–Trinajstić information content (AvgIpc) is 2.79. The van der Waals surface area contributed by atoms with Crippen molar-refractivity contribution >= 4 is 34.1 Å². The highest BCUT2D eigenvalue weighted by molar-refractivity contribution is 7.92. The molecule has 0 unspecified atom stereocenters. The molecule has 2 aromatic heterocycles. The van der Waals surface area contributed by atoms with E-state index in [-0.39, 0.29) is 40.6 Å². The number of nitrogens with one attached hydrogen (secondary N) is 3. The summed E-state index contributed by atoms with van der Waals surface area (Å²) in [7, 11) is -4.19. The Hall–Kier alpha value is -2.89. The van der Waals surface area contributed by atoms with Crippen LogP contribution in [0.15, 0.2) is 59.6 Å². The van der Waals surface area contributed by atoms with Crippen molar-refractivity contribution in [3.63, 3.8) is 0 Å². The third kappa shape index (κ3) is 6.41. The summed E-state index contributed by atoms with van der Waals surface area (Å²) in [5.41, 5.74) is -0.450. The first kappa shape index (κ1) is 26.7. The van der Waals surface area contributed by atoms with Crippen molar-refractivity contribution in [2.45, 2.75) is 37.0 Å². The zero-order valence-corrected chi connectivity index (χ0v) is 20.4. The van der Waals surface area contributed by atoms with Crippen LogP contribution in [0.25, 0.3) is 11.3 Å². The Labute approximate surface area is 208 Å². The largest absolute Gasteiger partial charge is 0.418 e. The van der Waals surface area contributed by atoms with Crippen molar-refractivity contribution in [2.75, 3.05) is 23.1 Å². The van der Waals surface area contributed by atoms with E-state index < -0.39 is 21.8 Å². The first-order valence-corrected chi connectivity index (χ1v) is 12.2. The molecule has 1 aromatic carbocycles. The van der Waals surface area contributed by atoms with Gasteiger partial charge in [-0.25, -0.2) is 9.97 Å². The molecule has 1 aliphatic heterocycles. The van der Waals surface area contributed by atoms with Gasteiger partial charge in [-0.05, 0) is 56.1 Å². The minimum absolute atomic E-state index is 0. The number of nitrogens with zero attached hydrogens (tertiary/aromatic N) is 2. The molecular weight excluding hydrogens is 503 g/mol. The minimum atomic E-state index is -4.66. The summed E-state index contributed by atoms with van der Waals surface area (Å²) in [6.45, 7) is 3.35. The number of aryl methyl sites for hydroxylation is 1. The van der Waals surface area contributed by atoms with E-state index in [0.29, 0.717) is 11.4 Å². The summed E-state index contributed by atoms with van der Waals surface area (Å²) < 4.78 is 69.1. The lowest BCUT2D eigenvalue weighted by molar-refractivity contribution is -0.137. The molecule has 3 aromatic rings. The molecule has 0 aliphatic carbocycles. The van der Waals surface area contributed by atoms with Crippen LogP contribution in [0.2, 0.25) is 0 Å². The van der Waals surface area contributed by atoms with Crippen molar-refractivity contribution in [3.05, 3.63) is 65.7 Å². The predicted molar refractivity (Wildman–Crippen MR) is 131 cm³/mol. The Morgan fingerprint density at radius 2 is 1.77 bits per heavy atom. The van der Waals surface area contributed by atoms with Gasteiger partial charge >= 0.3 is 6.18 Å². The molecule has 0 radical (unpaired) electrons. The second-order valence-corrected chi connectivity index (χ2v) is 9.69. The minimum Gasteiger partial charge on any atom is -0.366 e. The van der Waals surface area contributed by atoms with Crippen molar-refractivity contribution in [1.82, 2.24) is 15.3 Å². The molecule has 35 heavy (non-hydrogen) atoms. The summed E-state index contributed by atoms with van der Waals surface area (Å²) in [5.74, 6) is 0.167. The third-order valence-electron chi connectivity index (χ3n) is 5.49. The second kappa shape index (κ2) is 10.8. The number of piperidine rings is 1. The van der Waals surface area contributed by atoms with Crippen molar-refractivity contribution in [2.24, 2.45) is 0 Å². The lowest BCUT2D eigenvalue weighted by Gasteiger charge is -2.24. The molecule has 188 valence electrons. The third-order valence-corrected chi connectivity index (χ3v) is 6.74. The fraction of sp³-hybridized carbons (Fsp3) is 0.304. The highest BCUT2D eigenvalue weighted by atomic mass is 35.5. The first-order chi connectivity index (χ1) is 16.1. The van der Waals surface area contributed by atoms with E-state index in [4.69, 9.17) is 0 Å². The molecule has 1 saturated heterocycles. The molecule has 0 bridgehead atoms. The van der Waals surface area contributed by atoms with Gasteiger partial charge in [0.15, 0.2) is 5.03 Å². The predicted octanol–water partition coefficient (Wildman–Crippen LogP) is 4.86. The summed E-state index contributed by atoms with van der Waals surface area (Å²) in [4.78, 5) is 8.22. The summed E-state index contributed by atoms with van der Waals surface area (Å²) in [6.07, 6.45) is -2.72. The molecule has 3 heterocycles. The Morgan fingerprint density at radius 1 is 1.00 bits per heavy atom. The number of pyridine rings is 2. The van der Waals surface area contributed by atoms with E-state index >= 15 is 0 Å². The maximum absolute atomic E-state index is 13.6. The van der Waals surface area contributed by atoms with E-state index in [1.54, 1.807) is 37.3 Å².